The summed E-state index contributed by atoms with van der Waals surface area (Å²) in [7, 11) is -3.96. The van der Waals surface area contributed by atoms with Gasteiger partial charge in [-0.25, -0.2) is 18.0 Å². The van der Waals surface area contributed by atoms with Crippen molar-refractivity contribution in [2.24, 2.45) is 0 Å². The van der Waals surface area contributed by atoms with Crippen molar-refractivity contribution in [3.8, 4) is 0 Å². The van der Waals surface area contributed by atoms with Crippen LogP contribution in [0.2, 0.25) is 0 Å². The molecule has 0 unspecified atom stereocenters. The summed E-state index contributed by atoms with van der Waals surface area (Å²) in [5, 5.41) is 0. The fourth-order valence-electron chi connectivity index (χ4n) is 2.79. The lowest BCUT2D eigenvalue weighted by Crippen LogP contribution is -2.21. The van der Waals surface area contributed by atoms with E-state index < -0.39 is 34.2 Å². The molecular weight excluding hydrogens is 384 g/mol. The zero-order valence-corrected chi connectivity index (χ0v) is 16.0. The third-order valence-corrected chi connectivity index (χ3v) is 6.11. The van der Waals surface area contributed by atoms with Crippen molar-refractivity contribution in [1.29, 1.82) is 0 Å². The summed E-state index contributed by atoms with van der Waals surface area (Å²) in [4.78, 5) is 35.9. The summed E-state index contributed by atoms with van der Waals surface area (Å²) in [5.41, 5.74) is 0.0187. The normalized spacial score (nSPS) is 14.0. The fourth-order valence-corrected chi connectivity index (χ4v) is 4.47. The first kappa shape index (κ1) is 19.8. The maximum Gasteiger partial charge on any atom is 0.344 e. The zero-order chi connectivity index (χ0) is 20.3. The van der Waals surface area contributed by atoms with Crippen LogP contribution in [0.5, 0.6) is 0 Å². The molecule has 2 aromatic rings. The molecule has 0 saturated heterocycles. The van der Waals surface area contributed by atoms with Gasteiger partial charge in [-0.3, -0.25) is 4.79 Å². The predicted octanol–water partition coefficient (Wildman–Crippen LogP) is 2.56. The summed E-state index contributed by atoms with van der Waals surface area (Å²) in [6.07, 6.45) is 1.57. The highest BCUT2D eigenvalue weighted by Gasteiger charge is 2.35. The van der Waals surface area contributed by atoms with Gasteiger partial charge in [-0.2, -0.15) is 0 Å². The Morgan fingerprint density at radius 1 is 0.964 bits per heavy atom. The third-order valence-electron chi connectivity index (χ3n) is 4.25. The van der Waals surface area contributed by atoms with Crippen molar-refractivity contribution in [3.05, 3.63) is 59.2 Å². The Balaban J connectivity index is 1.82. The first-order chi connectivity index (χ1) is 13.4. The van der Waals surface area contributed by atoms with Crippen LogP contribution in [-0.2, 0) is 24.1 Å². The number of sulfone groups is 1. The summed E-state index contributed by atoms with van der Waals surface area (Å²) < 4.78 is 35.5. The summed E-state index contributed by atoms with van der Waals surface area (Å²) in [5.74, 6) is -1.99. The van der Waals surface area contributed by atoms with Gasteiger partial charge in [0, 0.05) is 11.1 Å². The first-order valence-electron chi connectivity index (χ1n) is 8.72. The SMILES string of the molecule is CCCCOC(=O)COC(=O)c1ccc2c(c1)S(=O)(=O)c1ccccc1C2=O. The Kier molecular flexibility index (Phi) is 5.60. The lowest BCUT2D eigenvalue weighted by atomic mass is 10.0. The molecule has 0 atom stereocenters. The van der Waals surface area contributed by atoms with Crippen LogP contribution < -0.4 is 0 Å². The number of fused-ring (bicyclic) bond motifs is 2. The van der Waals surface area contributed by atoms with E-state index in [-0.39, 0.29) is 33.1 Å². The molecule has 1 aliphatic rings. The average molecular weight is 402 g/mol. The van der Waals surface area contributed by atoms with Crippen molar-refractivity contribution < 1.29 is 32.3 Å². The minimum absolute atomic E-state index is 0.00535. The minimum Gasteiger partial charge on any atom is -0.463 e. The molecule has 7 nitrogen and oxygen atoms in total. The van der Waals surface area contributed by atoms with Crippen molar-refractivity contribution in [2.45, 2.75) is 29.6 Å². The van der Waals surface area contributed by atoms with Crippen molar-refractivity contribution >= 4 is 27.6 Å². The molecule has 1 heterocycles. The van der Waals surface area contributed by atoms with Crippen LogP contribution in [0.15, 0.2) is 52.3 Å². The monoisotopic (exact) mass is 402 g/mol. The van der Waals surface area contributed by atoms with Gasteiger partial charge in [-0.05, 0) is 36.8 Å². The number of ether oxygens (including phenoxy) is 2. The van der Waals surface area contributed by atoms with Crippen molar-refractivity contribution in [3.63, 3.8) is 0 Å². The summed E-state index contributed by atoms with van der Waals surface area (Å²) >= 11 is 0. The molecule has 0 aromatic heterocycles. The second-order valence-electron chi connectivity index (χ2n) is 6.19. The average Bonchev–Trinajstić information content (AvgIpc) is 2.70. The minimum atomic E-state index is -3.96. The van der Waals surface area contributed by atoms with E-state index in [2.05, 4.69) is 0 Å². The first-order valence-corrected chi connectivity index (χ1v) is 10.2. The Hall–Kier alpha value is -3.00. The molecule has 0 amide bonds. The second kappa shape index (κ2) is 7.93. The topological polar surface area (TPSA) is 104 Å². The van der Waals surface area contributed by atoms with Crippen LogP contribution in [0, 0.1) is 0 Å². The lowest BCUT2D eigenvalue weighted by molar-refractivity contribution is -0.147. The Bertz CT molecular complexity index is 1050. The predicted molar refractivity (Wildman–Crippen MR) is 97.9 cm³/mol. The number of carbonyl (C=O) groups is 3. The number of rotatable bonds is 6. The van der Waals surface area contributed by atoms with E-state index in [1.165, 1.54) is 30.3 Å². The van der Waals surface area contributed by atoms with Gasteiger partial charge < -0.3 is 9.47 Å². The van der Waals surface area contributed by atoms with Gasteiger partial charge >= 0.3 is 11.9 Å². The molecule has 8 heteroatoms. The van der Waals surface area contributed by atoms with Crippen LogP contribution in [0.25, 0.3) is 0 Å². The highest BCUT2D eigenvalue weighted by molar-refractivity contribution is 7.91. The van der Waals surface area contributed by atoms with Crippen LogP contribution >= 0.6 is 0 Å². The Labute approximate surface area is 162 Å². The van der Waals surface area contributed by atoms with E-state index in [0.717, 1.165) is 12.5 Å². The molecule has 3 rings (SSSR count). The largest absolute Gasteiger partial charge is 0.463 e. The number of carbonyl (C=O) groups excluding carboxylic acids is 3. The van der Waals surface area contributed by atoms with E-state index in [0.29, 0.717) is 6.42 Å². The van der Waals surface area contributed by atoms with Crippen molar-refractivity contribution in [2.75, 3.05) is 13.2 Å². The number of unbranched alkanes of at least 4 members (excludes halogenated alkanes) is 1. The van der Waals surface area contributed by atoms with Gasteiger partial charge in [0.2, 0.25) is 9.84 Å². The van der Waals surface area contributed by atoms with Crippen molar-refractivity contribution in [1.82, 2.24) is 0 Å². The second-order valence-corrected chi connectivity index (χ2v) is 8.08. The van der Waals surface area contributed by atoms with Crippen LogP contribution in [-0.4, -0.2) is 39.4 Å². The zero-order valence-electron chi connectivity index (χ0n) is 15.1. The van der Waals surface area contributed by atoms with Gasteiger partial charge in [0.05, 0.1) is 22.0 Å². The molecule has 0 radical (unpaired) electrons. The smallest absolute Gasteiger partial charge is 0.344 e. The lowest BCUT2D eigenvalue weighted by Gasteiger charge is -2.19. The third kappa shape index (κ3) is 3.68. The highest BCUT2D eigenvalue weighted by atomic mass is 32.2. The maximum atomic E-state index is 12.9. The van der Waals surface area contributed by atoms with Gasteiger partial charge in [0.1, 0.15) is 0 Å². The standard InChI is InChI=1S/C20H18O7S/c1-2-3-10-26-18(21)12-27-20(23)13-8-9-15-17(11-13)28(24,25)16-7-5-4-6-14(16)19(15)22/h4-9,11H,2-3,10,12H2,1H3. The quantitative estimate of drug-likeness (QED) is 0.461. The molecule has 0 saturated carbocycles. The highest BCUT2D eigenvalue weighted by Crippen LogP contribution is 2.34. The molecule has 0 fully saturated rings. The number of benzene rings is 2. The summed E-state index contributed by atoms with van der Waals surface area (Å²) in [6.45, 7) is 1.61. The molecule has 146 valence electrons. The number of hydrogen-bond acceptors (Lipinski definition) is 7. The molecule has 0 aliphatic carbocycles. The van der Waals surface area contributed by atoms with Gasteiger partial charge in [-0.15, -0.1) is 0 Å². The van der Waals surface area contributed by atoms with E-state index in [1.54, 1.807) is 6.07 Å². The van der Waals surface area contributed by atoms with Crippen LogP contribution in [0.1, 0.15) is 46.0 Å². The molecule has 1 aliphatic heterocycles. The maximum absolute atomic E-state index is 12.9. The number of hydrogen-bond donors (Lipinski definition) is 0. The van der Waals surface area contributed by atoms with Gasteiger partial charge in [0.15, 0.2) is 12.4 Å². The van der Waals surface area contributed by atoms with Gasteiger partial charge in [0.25, 0.3) is 0 Å². The van der Waals surface area contributed by atoms with E-state index >= 15 is 0 Å². The van der Waals surface area contributed by atoms with Gasteiger partial charge in [-0.1, -0.05) is 25.5 Å². The number of ketones is 1. The molecule has 2 aromatic carbocycles. The van der Waals surface area contributed by atoms with E-state index in [9.17, 15) is 22.8 Å². The van der Waals surface area contributed by atoms with Crippen LogP contribution in [0.4, 0.5) is 0 Å². The Morgan fingerprint density at radius 2 is 1.68 bits per heavy atom. The molecule has 0 N–H and O–H groups in total. The molecule has 0 spiro atoms. The van der Waals surface area contributed by atoms with E-state index in [1.807, 2.05) is 6.92 Å². The van der Waals surface area contributed by atoms with Crippen LogP contribution in [0.3, 0.4) is 0 Å². The molecule has 28 heavy (non-hydrogen) atoms. The molecule has 0 bridgehead atoms. The van der Waals surface area contributed by atoms with E-state index in [4.69, 9.17) is 9.47 Å². The molecular formula is C20H18O7S. The summed E-state index contributed by atoms with van der Waals surface area (Å²) in [6, 6.07) is 9.59. The number of esters is 2. The Morgan fingerprint density at radius 3 is 2.43 bits per heavy atom. The fraction of sp³-hybridized carbons (Fsp3) is 0.250.